The molecule has 0 atom stereocenters. The Balaban J connectivity index is 3.27. The van der Waals surface area contributed by atoms with Gasteiger partial charge in [-0.3, -0.25) is 4.57 Å². The second-order valence-electron chi connectivity index (χ2n) is 3.16. The van der Waals surface area contributed by atoms with Crippen LogP contribution in [-0.4, -0.2) is 16.3 Å². The maximum absolute atomic E-state index is 13.4. The lowest BCUT2D eigenvalue weighted by atomic mass is 10.2. The molecule has 3 N–H and O–H groups in total. The number of benzene rings is 1. The van der Waals surface area contributed by atoms with Gasteiger partial charge in [-0.2, -0.15) is 8.78 Å². The SMILES string of the molecule is CCNc1ccccc1C(F)(F)P(=O)(O)O. The smallest absolute Gasteiger partial charge is 0.385 e. The Morgan fingerprint density at radius 3 is 2.44 bits per heavy atom. The van der Waals surface area contributed by atoms with Crippen molar-refractivity contribution < 1.29 is 23.1 Å². The molecule has 0 saturated carbocycles. The molecule has 16 heavy (non-hydrogen) atoms. The fourth-order valence-corrected chi connectivity index (χ4v) is 1.76. The van der Waals surface area contributed by atoms with Crippen LogP contribution in [0.1, 0.15) is 12.5 Å². The van der Waals surface area contributed by atoms with Crippen molar-refractivity contribution in [2.24, 2.45) is 0 Å². The maximum Gasteiger partial charge on any atom is 0.399 e. The van der Waals surface area contributed by atoms with Crippen molar-refractivity contribution in [3.05, 3.63) is 29.8 Å². The van der Waals surface area contributed by atoms with E-state index in [1.54, 1.807) is 6.92 Å². The number of alkyl halides is 2. The Bertz CT molecular complexity index is 419. The molecule has 0 radical (unpaired) electrons. The van der Waals surface area contributed by atoms with Gasteiger partial charge in [0.2, 0.25) is 0 Å². The summed E-state index contributed by atoms with van der Waals surface area (Å²) in [5, 5.41) is 2.63. The molecule has 0 spiro atoms. The molecule has 90 valence electrons. The highest BCUT2D eigenvalue weighted by molar-refractivity contribution is 7.52. The van der Waals surface area contributed by atoms with E-state index >= 15 is 0 Å². The van der Waals surface area contributed by atoms with Crippen molar-refractivity contribution in [2.75, 3.05) is 11.9 Å². The Morgan fingerprint density at radius 1 is 1.38 bits per heavy atom. The van der Waals surface area contributed by atoms with Crippen LogP contribution in [0.25, 0.3) is 0 Å². The number of hydrogen-bond acceptors (Lipinski definition) is 2. The lowest BCUT2D eigenvalue weighted by Gasteiger charge is -2.21. The average Bonchev–Trinajstić information content (AvgIpc) is 2.17. The number of rotatable bonds is 4. The van der Waals surface area contributed by atoms with E-state index in [1.165, 1.54) is 18.2 Å². The summed E-state index contributed by atoms with van der Waals surface area (Å²) >= 11 is 0. The molecule has 1 aromatic carbocycles. The first-order valence-corrected chi connectivity index (χ1v) is 6.18. The van der Waals surface area contributed by atoms with Gasteiger partial charge < -0.3 is 15.1 Å². The third-order valence-electron chi connectivity index (χ3n) is 1.98. The summed E-state index contributed by atoms with van der Waals surface area (Å²) < 4.78 is 37.6. The van der Waals surface area contributed by atoms with Gasteiger partial charge in [0.05, 0.1) is 5.56 Å². The van der Waals surface area contributed by atoms with Crippen LogP contribution in [0.5, 0.6) is 0 Å². The largest absolute Gasteiger partial charge is 0.399 e. The van der Waals surface area contributed by atoms with E-state index in [4.69, 9.17) is 9.79 Å². The first-order valence-electron chi connectivity index (χ1n) is 4.57. The highest BCUT2D eigenvalue weighted by atomic mass is 31.2. The van der Waals surface area contributed by atoms with E-state index in [1.807, 2.05) is 0 Å². The van der Waals surface area contributed by atoms with Gasteiger partial charge in [0.25, 0.3) is 0 Å². The van der Waals surface area contributed by atoms with Crippen LogP contribution < -0.4 is 5.32 Å². The Labute approximate surface area is 91.5 Å². The van der Waals surface area contributed by atoms with Crippen LogP contribution in [0.3, 0.4) is 0 Å². The molecule has 0 aromatic heterocycles. The number of anilines is 1. The second-order valence-corrected chi connectivity index (χ2v) is 4.81. The van der Waals surface area contributed by atoms with Crippen molar-refractivity contribution >= 4 is 13.3 Å². The molecule has 0 unspecified atom stereocenters. The number of para-hydroxylation sites is 1. The number of halogens is 2. The topological polar surface area (TPSA) is 69.6 Å². The van der Waals surface area contributed by atoms with Crippen LogP contribution in [0, 0.1) is 0 Å². The standard InChI is InChI=1S/C9H12F2NO3P/c1-2-12-8-6-4-3-5-7(8)9(10,11)16(13,14)15/h3-6,12H,2H2,1H3,(H2,13,14,15). The molecule has 0 amide bonds. The van der Waals surface area contributed by atoms with Crippen LogP contribution in [0.4, 0.5) is 14.5 Å². The molecule has 1 rings (SSSR count). The number of nitrogens with one attached hydrogen (secondary N) is 1. The summed E-state index contributed by atoms with van der Waals surface area (Å²) in [5.74, 6) is 0. The minimum Gasteiger partial charge on any atom is -0.385 e. The normalized spacial score (nSPS) is 12.6. The van der Waals surface area contributed by atoms with Crippen molar-refractivity contribution in [3.8, 4) is 0 Å². The van der Waals surface area contributed by atoms with Gasteiger partial charge in [0.15, 0.2) is 0 Å². The minimum atomic E-state index is -5.51. The van der Waals surface area contributed by atoms with E-state index in [-0.39, 0.29) is 5.69 Å². The molecule has 0 fully saturated rings. The summed E-state index contributed by atoms with van der Waals surface area (Å²) in [6, 6.07) is 5.16. The fourth-order valence-electron chi connectivity index (χ4n) is 1.25. The van der Waals surface area contributed by atoms with Crippen molar-refractivity contribution in [2.45, 2.75) is 12.6 Å². The average molecular weight is 251 g/mol. The summed E-state index contributed by atoms with van der Waals surface area (Å²) in [4.78, 5) is 17.2. The summed E-state index contributed by atoms with van der Waals surface area (Å²) in [7, 11) is -5.51. The van der Waals surface area contributed by atoms with Gasteiger partial charge in [-0.15, -0.1) is 0 Å². The minimum absolute atomic E-state index is 0.0262. The monoisotopic (exact) mass is 251 g/mol. The highest BCUT2D eigenvalue weighted by Gasteiger charge is 2.51. The molecule has 1 aromatic rings. The Morgan fingerprint density at radius 2 is 1.94 bits per heavy atom. The van der Waals surface area contributed by atoms with E-state index in [0.717, 1.165) is 6.07 Å². The molecule has 0 saturated heterocycles. The van der Waals surface area contributed by atoms with Crippen molar-refractivity contribution in [1.29, 1.82) is 0 Å². The summed E-state index contributed by atoms with van der Waals surface area (Å²) in [5.41, 5.74) is -4.84. The van der Waals surface area contributed by atoms with Crippen LogP contribution in [-0.2, 0) is 10.2 Å². The zero-order valence-electron chi connectivity index (χ0n) is 8.52. The van der Waals surface area contributed by atoms with Gasteiger partial charge in [0.1, 0.15) is 0 Å². The zero-order chi connectivity index (χ0) is 12.4. The van der Waals surface area contributed by atoms with Crippen molar-refractivity contribution in [1.82, 2.24) is 0 Å². The van der Waals surface area contributed by atoms with Gasteiger partial charge >= 0.3 is 13.3 Å². The molecule has 0 heterocycles. The first kappa shape index (κ1) is 13.1. The van der Waals surface area contributed by atoms with Gasteiger partial charge in [-0.1, -0.05) is 18.2 Å². The van der Waals surface area contributed by atoms with E-state index < -0.39 is 18.8 Å². The Hall–Kier alpha value is -0.970. The van der Waals surface area contributed by atoms with Gasteiger partial charge in [-0.25, -0.2) is 0 Å². The molecule has 0 bridgehead atoms. The second kappa shape index (κ2) is 4.49. The van der Waals surface area contributed by atoms with Crippen LogP contribution in [0.15, 0.2) is 24.3 Å². The molecule has 0 aliphatic carbocycles. The predicted octanol–water partition coefficient (Wildman–Crippen LogP) is 2.35. The summed E-state index contributed by atoms with van der Waals surface area (Å²) in [6.07, 6.45) is 0. The lowest BCUT2D eigenvalue weighted by molar-refractivity contribution is 0.0571. The van der Waals surface area contributed by atoms with E-state index in [2.05, 4.69) is 5.32 Å². The van der Waals surface area contributed by atoms with Crippen LogP contribution >= 0.6 is 7.60 Å². The van der Waals surface area contributed by atoms with Gasteiger partial charge in [0, 0.05) is 12.2 Å². The van der Waals surface area contributed by atoms with Crippen molar-refractivity contribution in [3.63, 3.8) is 0 Å². The quantitative estimate of drug-likeness (QED) is 0.718. The van der Waals surface area contributed by atoms with Crippen LogP contribution in [0.2, 0.25) is 0 Å². The molecule has 4 nitrogen and oxygen atoms in total. The lowest BCUT2D eigenvalue weighted by Crippen LogP contribution is -2.16. The molecular weight excluding hydrogens is 239 g/mol. The first-order chi connectivity index (χ1) is 7.30. The Kier molecular flexibility index (Phi) is 3.68. The van der Waals surface area contributed by atoms with E-state index in [0.29, 0.717) is 6.54 Å². The number of hydrogen-bond donors (Lipinski definition) is 3. The zero-order valence-corrected chi connectivity index (χ0v) is 9.42. The molecule has 0 aliphatic heterocycles. The summed E-state index contributed by atoms with van der Waals surface area (Å²) in [6.45, 7) is 2.08. The molecule has 7 heteroatoms. The molecule has 0 aliphatic rings. The van der Waals surface area contributed by atoms with Gasteiger partial charge in [-0.05, 0) is 13.0 Å². The fraction of sp³-hybridized carbons (Fsp3) is 0.333. The highest BCUT2D eigenvalue weighted by Crippen LogP contribution is 2.60. The van der Waals surface area contributed by atoms with E-state index in [9.17, 15) is 13.3 Å². The predicted molar refractivity (Wildman–Crippen MR) is 56.5 cm³/mol. The molecular formula is C9H12F2NO3P. The third-order valence-corrected chi connectivity index (χ3v) is 2.96. The third kappa shape index (κ3) is 2.40. The maximum atomic E-state index is 13.4.